The Balaban J connectivity index is 0.00000180. The second-order valence-corrected chi connectivity index (χ2v) is 5.83. The number of piperidine rings is 1. The van der Waals surface area contributed by atoms with Crippen LogP contribution in [0, 0.1) is 11.8 Å². The van der Waals surface area contributed by atoms with Crippen molar-refractivity contribution in [2.45, 2.75) is 38.5 Å². The fraction of sp³-hybridized carbons (Fsp3) is 0.929. The topological polar surface area (TPSA) is 58.4 Å². The molecule has 1 saturated heterocycles. The van der Waals surface area contributed by atoms with Gasteiger partial charge in [-0.05, 0) is 38.1 Å². The summed E-state index contributed by atoms with van der Waals surface area (Å²) in [6.07, 6.45) is 7.78. The predicted molar refractivity (Wildman–Crippen MR) is 80.4 cm³/mol. The summed E-state index contributed by atoms with van der Waals surface area (Å²) in [6.45, 7) is 4.48. The summed E-state index contributed by atoms with van der Waals surface area (Å²) in [5, 5.41) is 2.93. The molecule has 0 aromatic heterocycles. The molecule has 19 heavy (non-hydrogen) atoms. The number of hydrogen-bond acceptors (Lipinski definition) is 3. The molecule has 2 aliphatic rings. The largest absolute Gasteiger partial charge is 0.355 e. The normalized spacial score (nSPS) is 25.0. The maximum atomic E-state index is 11.9. The number of likely N-dealkylation sites (tertiary alicyclic amines) is 1. The molecule has 1 saturated carbocycles. The van der Waals surface area contributed by atoms with Gasteiger partial charge >= 0.3 is 0 Å². The van der Waals surface area contributed by atoms with Crippen molar-refractivity contribution in [3.63, 3.8) is 0 Å². The monoisotopic (exact) mass is 289 g/mol. The second-order valence-electron chi connectivity index (χ2n) is 5.83. The number of halogens is 1. The molecule has 1 aliphatic carbocycles. The molecule has 3 N–H and O–H groups in total. The lowest BCUT2D eigenvalue weighted by atomic mass is 9.95. The molecule has 0 bridgehead atoms. The maximum Gasteiger partial charge on any atom is 0.224 e. The quantitative estimate of drug-likeness (QED) is 0.804. The van der Waals surface area contributed by atoms with Crippen molar-refractivity contribution in [1.82, 2.24) is 10.2 Å². The Bertz CT molecular complexity index is 269. The van der Waals surface area contributed by atoms with Gasteiger partial charge in [-0.25, -0.2) is 0 Å². The van der Waals surface area contributed by atoms with E-state index in [4.69, 9.17) is 5.73 Å². The van der Waals surface area contributed by atoms with Crippen molar-refractivity contribution >= 4 is 18.3 Å². The molecule has 0 radical (unpaired) electrons. The molecule has 1 aliphatic heterocycles. The number of rotatable bonds is 5. The van der Waals surface area contributed by atoms with Gasteiger partial charge in [0, 0.05) is 26.2 Å². The van der Waals surface area contributed by atoms with E-state index in [-0.39, 0.29) is 24.2 Å². The van der Waals surface area contributed by atoms with Crippen LogP contribution in [0.5, 0.6) is 0 Å². The van der Waals surface area contributed by atoms with Crippen molar-refractivity contribution in [2.24, 2.45) is 17.6 Å². The Labute approximate surface area is 122 Å². The molecule has 1 amide bonds. The lowest BCUT2D eigenvalue weighted by Crippen LogP contribution is -2.45. The molecular formula is C14H28ClN3O. The van der Waals surface area contributed by atoms with Crippen molar-refractivity contribution in [2.75, 3.05) is 32.7 Å². The highest BCUT2D eigenvalue weighted by molar-refractivity contribution is 5.85. The first-order chi connectivity index (χ1) is 8.79. The standard InChI is InChI=1S/C14H27N3O.ClH/c15-7-8-16-14(18)13-6-3-9-17(11-13)10-12-4-1-2-5-12;/h12-13H,1-11,15H2,(H,16,18);1H. The first-order valence-electron chi connectivity index (χ1n) is 7.49. The van der Waals surface area contributed by atoms with Gasteiger partial charge in [0.05, 0.1) is 5.92 Å². The Kier molecular flexibility index (Phi) is 7.73. The molecule has 5 heteroatoms. The number of nitrogens with one attached hydrogen (secondary N) is 1. The molecule has 0 spiro atoms. The average molecular weight is 290 g/mol. The second kappa shape index (κ2) is 8.77. The van der Waals surface area contributed by atoms with Gasteiger partial charge in [-0.1, -0.05) is 12.8 Å². The van der Waals surface area contributed by atoms with Gasteiger partial charge in [0.15, 0.2) is 0 Å². The van der Waals surface area contributed by atoms with E-state index in [2.05, 4.69) is 10.2 Å². The zero-order chi connectivity index (χ0) is 12.8. The van der Waals surface area contributed by atoms with E-state index < -0.39 is 0 Å². The molecule has 0 aromatic rings. The summed E-state index contributed by atoms with van der Waals surface area (Å²) in [5.41, 5.74) is 5.42. The fourth-order valence-corrected chi connectivity index (χ4v) is 3.33. The number of carbonyl (C=O) groups is 1. The van der Waals surface area contributed by atoms with E-state index in [1.165, 1.54) is 38.8 Å². The van der Waals surface area contributed by atoms with Gasteiger partial charge in [0.25, 0.3) is 0 Å². The van der Waals surface area contributed by atoms with Crippen LogP contribution >= 0.6 is 12.4 Å². The van der Waals surface area contributed by atoms with Gasteiger partial charge < -0.3 is 16.0 Å². The molecule has 1 unspecified atom stereocenters. The summed E-state index contributed by atoms with van der Waals surface area (Å²) in [6, 6.07) is 0. The molecule has 2 rings (SSSR count). The van der Waals surface area contributed by atoms with Gasteiger partial charge in [-0.15, -0.1) is 12.4 Å². The minimum atomic E-state index is 0. The SMILES string of the molecule is Cl.NCCNC(=O)C1CCCN(CC2CCCC2)C1. The Morgan fingerprint density at radius 3 is 2.63 bits per heavy atom. The van der Waals surface area contributed by atoms with Crippen molar-refractivity contribution in [3.05, 3.63) is 0 Å². The van der Waals surface area contributed by atoms with Gasteiger partial charge in [0.2, 0.25) is 5.91 Å². The Hall–Kier alpha value is -0.320. The molecule has 1 atom stereocenters. The Morgan fingerprint density at radius 2 is 1.95 bits per heavy atom. The summed E-state index contributed by atoms with van der Waals surface area (Å²) in [4.78, 5) is 14.5. The molecular weight excluding hydrogens is 262 g/mol. The van der Waals surface area contributed by atoms with Gasteiger partial charge in [0.1, 0.15) is 0 Å². The minimum Gasteiger partial charge on any atom is -0.355 e. The van der Waals surface area contributed by atoms with E-state index in [1.54, 1.807) is 0 Å². The summed E-state index contributed by atoms with van der Waals surface area (Å²) in [5.74, 6) is 1.28. The zero-order valence-corrected chi connectivity index (χ0v) is 12.6. The lowest BCUT2D eigenvalue weighted by molar-refractivity contribution is -0.126. The van der Waals surface area contributed by atoms with E-state index in [1.807, 2.05) is 0 Å². The number of nitrogens with two attached hydrogens (primary N) is 1. The highest BCUT2D eigenvalue weighted by atomic mass is 35.5. The van der Waals surface area contributed by atoms with Crippen LogP contribution in [0.3, 0.4) is 0 Å². The van der Waals surface area contributed by atoms with Crippen LogP contribution in [-0.2, 0) is 4.79 Å². The number of amides is 1. The molecule has 1 heterocycles. The molecule has 2 fully saturated rings. The van der Waals surface area contributed by atoms with Crippen LogP contribution in [0.25, 0.3) is 0 Å². The maximum absolute atomic E-state index is 11.9. The number of nitrogens with zero attached hydrogens (tertiary/aromatic N) is 1. The van der Waals surface area contributed by atoms with Crippen molar-refractivity contribution < 1.29 is 4.79 Å². The first kappa shape index (κ1) is 16.7. The molecule has 0 aromatic carbocycles. The number of hydrogen-bond donors (Lipinski definition) is 2. The van der Waals surface area contributed by atoms with Crippen LogP contribution in [0.1, 0.15) is 38.5 Å². The van der Waals surface area contributed by atoms with Crippen LogP contribution in [0.2, 0.25) is 0 Å². The van der Waals surface area contributed by atoms with Crippen molar-refractivity contribution in [3.8, 4) is 0 Å². The van der Waals surface area contributed by atoms with Crippen LogP contribution < -0.4 is 11.1 Å². The van der Waals surface area contributed by atoms with E-state index in [0.29, 0.717) is 13.1 Å². The molecule has 4 nitrogen and oxygen atoms in total. The highest BCUT2D eigenvalue weighted by Gasteiger charge is 2.27. The fourth-order valence-electron chi connectivity index (χ4n) is 3.33. The third kappa shape index (κ3) is 5.28. The first-order valence-corrected chi connectivity index (χ1v) is 7.49. The third-order valence-corrected chi connectivity index (χ3v) is 4.31. The van der Waals surface area contributed by atoms with E-state index in [9.17, 15) is 4.79 Å². The third-order valence-electron chi connectivity index (χ3n) is 4.31. The Morgan fingerprint density at radius 1 is 1.21 bits per heavy atom. The predicted octanol–water partition coefficient (Wildman–Crippen LogP) is 1.39. The minimum absolute atomic E-state index is 0. The number of carbonyl (C=O) groups excluding carboxylic acids is 1. The van der Waals surface area contributed by atoms with E-state index in [0.717, 1.165) is 25.3 Å². The van der Waals surface area contributed by atoms with E-state index >= 15 is 0 Å². The van der Waals surface area contributed by atoms with Gasteiger partial charge in [-0.3, -0.25) is 4.79 Å². The summed E-state index contributed by atoms with van der Waals surface area (Å²) >= 11 is 0. The molecule has 112 valence electrons. The summed E-state index contributed by atoms with van der Waals surface area (Å²) < 4.78 is 0. The zero-order valence-electron chi connectivity index (χ0n) is 11.8. The summed E-state index contributed by atoms with van der Waals surface area (Å²) in [7, 11) is 0. The van der Waals surface area contributed by atoms with Crippen LogP contribution in [0.15, 0.2) is 0 Å². The van der Waals surface area contributed by atoms with Gasteiger partial charge in [-0.2, -0.15) is 0 Å². The average Bonchev–Trinajstić information content (AvgIpc) is 2.89. The lowest BCUT2D eigenvalue weighted by Gasteiger charge is -2.33. The van der Waals surface area contributed by atoms with Crippen LogP contribution in [0.4, 0.5) is 0 Å². The van der Waals surface area contributed by atoms with Crippen LogP contribution in [-0.4, -0.2) is 43.5 Å². The highest BCUT2D eigenvalue weighted by Crippen LogP contribution is 2.27. The van der Waals surface area contributed by atoms with Crippen molar-refractivity contribution in [1.29, 1.82) is 0 Å². The smallest absolute Gasteiger partial charge is 0.224 e.